The molecule has 160 valence electrons. The van der Waals surface area contributed by atoms with E-state index in [0.29, 0.717) is 6.61 Å². The Hall–Kier alpha value is -1.55. The zero-order chi connectivity index (χ0) is 20.9. The lowest BCUT2D eigenvalue weighted by Crippen LogP contribution is -2.61. The number of hydrogen-bond acceptors (Lipinski definition) is 9. The molecule has 28 heavy (non-hydrogen) atoms. The van der Waals surface area contributed by atoms with Crippen molar-refractivity contribution in [2.75, 3.05) is 13.7 Å². The van der Waals surface area contributed by atoms with Gasteiger partial charge in [-0.1, -0.05) is 13.3 Å². The van der Waals surface area contributed by atoms with E-state index in [1.54, 1.807) is 13.8 Å². The number of unbranched alkanes of at least 4 members (excludes halogenated alkanes) is 1. The summed E-state index contributed by atoms with van der Waals surface area (Å²) in [5.74, 6) is -2.42. The zero-order valence-corrected chi connectivity index (χ0v) is 17.1. The molecule has 2 saturated heterocycles. The van der Waals surface area contributed by atoms with Crippen LogP contribution in [0.5, 0.6) is 0 Å². The number of ether oxygens (including phenoxy) is 6. The summed E-state index contributed by atoms with van der Waals surface area (Å²) in [6.07, 6.45) is -2.99. The number of rotatable bonds is 9. The molecule has 2 fully saturated rings. The minimum Gasteiger partial charge on any atom is -0.467 e. The average Bonchev–Trinajstić information content (AvgIpc) is 2.94. The molecule has 0 amide bonds. The summed E-state index contributed by atoms with van der Waals surface area (Å²) in [4.78, 5) is 35.7. The van der Waals surface area contributed by atoms with Crippen LogP contribution in [0.4, 0.5) is 0 Å². The molecule has 0 aromatic rings. The number of esters is 2. The van der Waals surface area contributed by atoms with Crippen molar-refractivity contribution in [3.05, 3.63) is 0 Å². The second-order valence-corrected chi connectivity index (χ2v) is 7.39. The van der Waals surface area contributed by atoms with Crippen molar-refractivity contribution in [1.82, 2.24) is 0 Å². The Morgan fingerprint density at radius 1 is 1.07 bits per heavy atom. The van der Waals surface area contributed by atoms with Crippen LogP contribution >= 0.6 is 0 Å². The Morgan fingerprint density at radius 3 is 2.39 bits per heavy atom. The summed E-state index contributed by atoms with van der Waals surface area (Å²) in [6.45, 7) is 7.24. The molecule has 0 radical (unpaired) electrons. The third kappa shape index (κ3) is 5.73. The fourth-order valence-electron chi connectivity index (χ4n) is 3.14. The van der Waals surface area contributed by atoms with Crippen molar-refractivity contribution in [1.29, 1.82) is 0 Å². The third-order valence-corrected chi connectivity index (χ3v) is 4.51. The van der Waals surface area contributed by atoms with Gasteiger partial charge in [0.15, 0.2) is 24.3 Å². The number of hydrogen-bond donors (Lipinski definition) is 0. The summed E-state index contributed by atoms with van der Waals surface area (Å²) in [5.41, 5.74) is 0. The highest BCUT2D eigenvalue weighted by molar-refractivity contribution is 5.81. The molecule has 2 unspecified atom stereocenters. The van der Waals surface area contributed by atoms with Crippen LogP contribution in [-0.4, -0.2) is 67.9 Å². The third-order valence-electron chi connectivity index (χ3n) is 4.51. The van der Waals surface area contributed by atoms with Gasteiger partial charge in [-0.25, -0.2) is 4.79 Å². The number of carbonyl (C=O) groups is 3. The Bertz CT molecular complexity index is 574. The summed E-state index contributed by atoms with van der Waals surface area (Å²) >= 11 is 0. The highest BCUT2D eigenvalue weighted by atomic mass is 16.8. The number of fused-ring (bicyclic) bond motifs is 1. The van der Waals surface area contributed by atoms with Crippen molar-refractivity contribution in [3.8, 4) is 0 Å². The lowest BCUT2D eigenvalue weighted by molar-refractivity contribution is -0.264. The molecular weight excluding hydrogens is 372 g/mol. The van der Waals surface area contributed by atoms with Crippen LogP contribution in [0.25, 0.3) is 0 Å². The first kappa shape index (κ1) is 22.7. The zero-order valence-electron chi connectivity index (χ0n) is 17.1. The predicted octanol–water partition coefficient (Wildman–Crippen LogP) is 1.50. The van der Waals surface area contributed by atoms with Crippen LogP contribution in [0.2, 0.25) is 0 Å². The van der Waals surface area contributed by atoms with E-state index in [2.05, 4.69) is 0 Å². The number of methoxy groups -OCH3 is 1. The summed E-state index contributed by atoms with van der Waals surface area (Å²) in [7, 11) is 1.22. The van der Waals surface area contributed by atoms with Crippen LogP contribution in [0.15, 0.2) is 0 Å². The van der Waals surface area contributed by atoms with E-state index in [4.69, 9.17) is 28.4 Å². The molecule has 2 aliphatic rings. The van der Waals surface area contributed by atoms with Crippen LogP contribution in [0, 0.1) is 0 Å². The normalized spacial score (nSPS) is 31.1. The molecule has 9 nitrogen and oxygen atoms in total. The SMILES string of the molecule is CCCCO[C@@H]1C2OC(C)(C)O[C@@H]2OC(C(=O)OC)[C@H]1OC(=O)CCC(C)=O. The van der Waals surface area contributed by atoms with E-state index in [1.807, 2.05) is 6.92 Å². The smallest absolute Gasteiger partial charge is 0.339 e. The van der Waals surface area contributed by atoms with Gasteiger partial charge in [-0.3, -0.25) is 4.79 Å². The van der Waals surface area contributed by atoms with Gasteiger partial charge < -0.3 is 33.2 Å². The molecule has 0 N–H and O–H groups in total. The van der Waals surface area contributed by atoms with Gasteiger partial charge in [0.2, 0.25) is 0 Å². The Morgan fingerprint density at radius 2 is 1.79 bits per heavy atom. The number of ketones is 1. The van der Waals surface area contributed by atoms with Crippen molar-refractivity contribution >= 4 is 17.7 Å². The second kappa shape index (κ2) is 9.78. The van der Waals surface area contributed by atoms with E-state index in [-0.39, 0.29) is 18.6 Å². The maximum Gasteiger partial charge on any atom is 0.339 e. The van der Waals surface area contributed by atoms with Gasteiger partial charge in [-0.2, -0.15) is 0 Å². The molecule has 2 heterocycles. The molecule has 2 rings (SSSR count). The fourth-order valence-corrected chi connectivity index (χ4v) is 3.14. The van der Waals surface area contributed by atoms with E-state index >= 15 is 0 Å². The van der Waals surface area contributed by atoms with Crippen LogP contribution in [-0.2, 0) is 42.8 Å². The van der Waals surface area contributed by atoms with E-state index in [1.165, 1.54) is 14.0 Å². The maximum absolute atomic E-state index is 12.3. The molecule has 2 aliphatic heterocycles. The first-order valence-corrected chi connectivity index (χ1v) is 9.58. The van der Waals surface area contributed by atoms with E-state index in [9.17, 15) is 14.4 Å². The summed E-state index contributed by atoms with van der Waals surface area (Å²) in [6, 6.07) is 0. The van der Waals surface area contributed by atoms with Gasteiger partial charge in [0.05, 0.1) is 13.5 Å². The lowest BCUT2D eigenvalue weighted by Gasteiger charge is -2.40. The van der Waals surface area contributed by atoms with Crippen molar-refractivity contribution in [2.45, 2.75) is 89.9 Å². The predicted molar refractivity (Wildman–Crippen MR) is 95.2 cm³/mol. The molecule has 0 aliphatic carbocycles. The standard InChI is InChI=1S/C19H30O9/c1-6-7-10-24-13-14(25-12(21)9-8-11(2)20)15(17(22)23-5)26-18-16(13)27-19(3,4)28-18/h13-16,18H,6-10H2,1-5H3/t13-,14-,15?,16?,18-/m0/s1. The average molecular weight is 402 g/mol. The van der Waals surface area contributed by atoms with Gasteiger partial charge in [0, 0.05) is 13.0 Å². The quantitative estimate of drug-likeness (QED) is 0.419. The molecule has 9 heteroatoms. The van der Waals surface area contributed by atoms with E-state index < -0.39 is 48.4 Å². The van der Waals surface area contributed by atoms with Gasteiger partial charge in [0.25, 0.3) is 0 Å². The first-order chi connectivity index (χ1) is 13.2. The maximum atomic E-state index is 12.3. The van der Waals surface area contributed by atoms with Crippen molar-refractivity contribution < 1.29 is 42.8 Å². The molecular formula is C19H30O9. The molecule has 0 aromatic carbocycles. The fraction of sp³-hybridized carbons (Fsp3) is 0.842. The topological polar surface area (TPSA) is 107 Å². The minimum absolute atomic E-state index is 0.0509. The lowest BCUT2D eigenvalue weighted by atomic mass is 9.98. The Kier molecular flexibility index (Phi) is 7.94. The highest BCUT2D eigenvalue weighted by Crippen LogP contribution is 2.39. The molecule has 0 aromatic heterocycles. The monoisotopic (exact) mass is 402 g/mol. The highest BCUT2D eigenvalue weighted by Gasteiger charge is 2.58. The molecule has 5 atom stereocenters. The van der Waals surface area contributed by atoms with Gasteiger partial charge in [-0.05, 0) is 27.2 Å². The van der Waals surface area contributed by atoms with Crippen molar-refractivity contribution in [2.24, 2.45) is 0 Å². The molecule has 0 spiro atoms. The van der Waals surface area contributed by atoms with E-state index in [0.717, 1.165) is 12.8 Å². The van der Waals surface area contributed by atoms with Crippen LogP contribution in [0.1, 0.15) is 53.4 Å². The summed E-state index contributed by atoms with van der Waals surface area (Å²) in [5, 5.41) is 0. The molecule has 0 saturated carbocycles. The van der Waals surface area contributed by atoms with Crippen LogP contribution in [0.3, 0.4) is 0 Å². The Balaban J connectivity index is 2.24. The second-order valence-electron chi connectivity index (χ2n) is 7.39. The van der Waals surface area contributed by atoms with Gasteiger partial charge in [0.1, 0.15) is 18.0 Å². The largest absolute Gasteiger partial charge is 0.467 e. The van der Waals surface area contributed by atoms with Crippen molar-refractivity contribution in [3.63, 3.8) is 0 Å². The molecule has 0 bridgehead atoms. The van der Waals surface area contributed by atoms with Crippen LogP contribution < -0.4 is 0 Å². The Labute approximate surface area is 164 Å². The summed E-state index contributed by atoms with van der Waals surface area (Å²) < 4.78 is 33.6. The first-order valence-electron chi connectivity index (χ1n) is 9.58. The number of Topliss-reactive ketones (excluding diaryl/α,β-unsaturated/α-hetero) is 1. The van der Waals surface area contributed by atoms with Gasteiger partial charge >= 0.3 is 11.9 Å². The number of carbonyl (C=O) groups excluding carboxylic acids is 3. The minimum atomic E-state index is -1.23. The van der Waals surface area contributed by atoms with Gasteiger partial charge in [-0.15, -0.1) is 0 Å².